The van der Waals surface area contributed by atoms with Gasteiger partial charge in [-0.05, 0) is 54.4 Å². The summed E-state index contributed by atoms with van der Waals surface area (Å²) in [6, 6.07) is 2.71. The van der Waals surface area contributed by atoms with E-state index in [-0.39, 0.29) is 0 Å². The smallest absolute Gasteiger partial charge is 0.0731 e. The second kappa shape index (κ2) is 7.11. The number of aryl methyl sites for hydroxylation is 1. The Bertz CT molecular complexity index is 367. The van der Waals surface area contributed by atoms with Crippen molar-refractivity contribution in [1.82, 2.24) is 5.32 Å². The van der Waals surface area contributed by atoms with Crippen molar-refractivity contribution >= 4 is 27.3 Å². The Morgan fingerprint density at radius 3 is 2.81 bits per heavy atom. The van der Waals surface area contributed by atoms with Gasteiger partial charge in [0.25, 0.3) is 0 Å². The Balaban J connectivity index is 2.70. The summed E-state index contributed by atoms with van der Waals surface area (Å²) in [6.07, 6.45) is 2.05. The molecule has 1 rings (SSSR count). The topological polar surface area (TPSA) is 12.0 Å². The van der Waals surface area contributed by atoms with E-state index in [1.807, 2.05) is 18.3 Å². The molecule has 0 aromatic carbocycles. The molecule has 1 N–H and O–H groups in total. The first kappa shape index (κ1) is 13.8. The van der Waals surface area contributed by atoms with Gasteiger partial charge in [-0.25, -0.2) is 0 Å². The van der Waals surface area contributed by atoms with Crippen molar-refractivity contribution < 1.29 is 0 Å². The highest BCUT2D eigenvalue weighted by molar-refractivity contribution is 9.11. The molecule has 0 amide bonds. The van der Waals surface area contributed by atoms with Crippen LogP contribution in [0, 0.1) is 18.8 Å². The second-order valence-electron chi connectivity index (χ2n) is 3.68. The van der Waals surface area contributed by atoms with Crippen LogP contribution in [0.4, 0.5) is 0 Å². The Labute approximate surface area is 111 Å². The molecular weight excluding hydrogens is 282 g/mol. The van der Waals surface area contributed by atoms with Crippen molar-refractivity contribution in [1.29, 1.82) is 0 Å². The molecule has 0 bridgehead atoms. The van der Waals surface area contributed by atoms with E-state index in [9.17, 15) is 0 Å². The highest BCUT2D eigenvalue weighted by Gasteiger charge is 2.13. The minimum Gasteiger partial charge on any atom is -0.309 e. The van der Waals surface area contributed by atoms with Gasteiger partial charge >= 0.3 is 0 Å². The predicted molar refractivity (Wildman–Crippen MR) is 75.9 cm³/mol. The molecule has 88 valence electrons. The van der Waals surface area contributed by atoms with E-state index in [1.54, 1.807) is 0 Å². The molecule has 1 atom stereocenters. The Kier molecular flexibility index (Phi) is 6.12. The van der Waals surface area contributed by atoms with E-state index in [0.29, 0.717) is 6.04 Å². The lowest BCUT2D eigenvalue weighted by atomic mass is 10.1. The molecule has 0 fully saturated rings. The van der Waals surface area contributed by atoms with E-state index in [2.05, 4.69) is 53.0 Å². The molecule has 16 heavy (non-hydrogen) atoms. The number of hydrogen-bond acceptors (Lipinski definition) is 2. The van der Waals surface area contributed by atoms with Gasteiger partial charge < -0.3 is 5.32 Å². The summed E-state index contributed by atoms with van der Waals surface area (Å²) in [6.45, 7) is 7.18. The molecule has 0 saturated carbocycles. The summed E-state index contributed by atoms with van der Waals surface area (Å²) in [5.41, 5.74) is 1.32. The van der Waals surface area contributed by atoms with Crippen LogP contribution in [0.15, 0.2) is 9.85 Å². The molecule has 1 heterocycles. The van der Waals surface area contributed by atoms with Crippen LogP contribution in [0.1, 0.15) is 43.2 Å². The second-order valence-corrected chi connectivity index (χ2v) is 6.08. The molecule has 1 aromatic heterocycles. The minimum absolute atomic E-state index is 0.445. The van der Waals surface area contributed by atoms with Crippen LogP contribution in [-0.2, 0) is 0 Å². The molecule has 1 aromatic rings. The number of rotatable bonds is 5. The summed E-state index contributed by atoms with van der Waals surface area (Å²) in [4.78, 5) is 1.41. The summed E-state index contributed by atoms with van der Waals surface area (Å²) in [5, 5.41) is 3.52. The van der Waals surface area contributed by atoms with Crippen LogP contribution in [0.5, 0.6) is 0 Å². The monoisotopic (exact) mass is 299 g/mol. The first-order valence-corrected chi connectivity index (χ1v) is 7.18. The van der Waals surface area contributed by atoms with Gasteiger partial charge in [-0.1, -0.05) is 6.92 Å². The average molecular weight is 300 g/mol. The fourth-order valence-electron chi connectivity index (χ4n) is 1.59. The Morgan fingerprint density at radius 2 is 2.31 bits per heavy atom. The maximum atomic E-state index is 3.58. The fraction of sp³-hybridized carbons (Fsp3) is 0.538. The SMILES string of the molecule is CC#CCCC(NCC)c1cc(C)c(Br)s1. The zero-order valence-electron chi connectivity index (χ0n) is 10.1. The van der Waals surface area contributed by atoms with Crippen LogP contribution in [0.2, 0.25) is 0 Å². The van der Waals surface area contributed by atoms with Crippen molar-refractivity contribution in [2.75, 3.05) is 6.54 Å². The zero-order chi connectivity index (χ0) is 12.0. The zero-order valence-corrected chi connectivity index (χ0v) is 12.5. The summed E-state index contributed by atoms with van der Waals surface area (Å²) in [5.74, 6) is 6.08. The average Bonchev–Trinajstić information content (AvgIpc) is 2.58. The molecule has 0 aliphatic carbocycles. The van der Waals surface area contributed by atoms with Crippen molar-refractivity contribution in [3.63, 3.8) is 0 Å². The van der Waals surface area contributed by atoms with Crippen molar-refractivity contribution in [2.24, 2.45) is 0 Å². The highest BCUT2D eigenvalue weighted by atomic mass is 79.9. The van der Waals surface area contributed by atoms with Gasteiger partial charge in [0, 0.05) is 17.3 Å². The third-order valence-corrected chi connectivity index (χ3v) is 4.66. The van der Waals surface area contributed by atoms with E-state index in [0.717, 1.165) is 19.4 Å². The number of halogens is 1. The maximum Gasteiger partial charge on any atom is 0.0731 e. The maximum absolute atomic E-state index is 3.58. The molecule has 0 spiro atoms. The van der Waals surface area contributed by atoms with Gasteiger partial charge in [0.05, 0.1) is 3.79 Å². The van der Waals surface area contributed by atoms with Crippen LogP contribution >= 0.6 is 27.3 Å². The van der Waals surface area contributed by atoms with E-state index in [1.165, 1.54) is 14.2 Å². The lowest BCUT2D eigenvalue weighted by Crippen LogP contribution is -2.19. The van der Waals surface area contributed by atoms with Gasteiger partial charge in [-0.3, -0.25) is 0 Å². The van der Waals surface area contributed by atoms with Crippen molar-refractivity contribution in [2.45, 2.75) is 39.7 Å². The molecule has 0 aliphatic rings. The summed E-state index contributed by atoms with van der Waals surface area (Å²) >= 11 is 5.41. The van der Waals surface area contributed by atoms with Crippen LogP contribution in [0.25, 0.3) is 0 Å². The van der Waals surface area contributed by atoms with Gasteiger partial charge in [-0.2, -0.15) is 0 Å². The van der Waals surface area contributed by atoms with Crippen LogP contribution in [0.3, 0.4) is 0 Å². The fourth-order valence-corrected chi connectivity index (χ4v) is 3.27. The Hall–Kier alpha value is -0.300. The lowest BCUT2D eigenvalue weighted by molar-refractivity contribution is 0.530. The van der Waals surface area contributed by atoms with E-state index in [4.69, 9.17) is 0 Å². The van der Waals surface area contributed by atoms with Crippen molar-refractivity contribution in [3.05, 3.63) is 20.3 Å². The first-order valence-electron chi connectivity index (χ1n) is 5.57. The van der Waals surface area contributed by atoms with Gasteiger partial charge in [-0.15, -0.1) is 23.2 Å². The molecule has 3 heteroatoms. The third-order valence-electron chi connectivity index (χ3n) is 2.41. The normalized spacial score (nSPS) is 12.0. The number of nitrogens with one attached hydrogen (secondary N) is 1. The molecule has 1 nitrogen and oxygen atoms in total. The Morgan fingerprint density at radius 1 is 1.56 bits per heavy atom. The van der Waals surface area contributed by atoms with Gasteiger partial charge in [0.1, 0.15) is 0 Å². The molecule has 0 aliphatic heterocycles. The van der Waals surface area contributed by atoms with E-state index >= 15 is 0 Å². The van der Waals surface area contributed by atoms with Crippen LogP contribution < -0.4 is 5.32 Å². The summed E-state index contributed by atoms with van der Waals surface area (Å²) in [7, 11) is 0. The largest absolute Gasteiger partial charge is 0.309 e. The van der Waals surface area contributed by atoms with Gasteiger partial charge in [0.15, 0.2) is 0 Å². The minimum atomic E-state index is 0.445. The molecule has 0 saturated heterocycles. The highest BCUT2D eigenvalue weighted by Crippen LogP contribution is 2.33. The van der Waals surface area contributed by atoms with E-state index < -0.39 is 0 Å². The standard InChI is InChI=1S/C13H18BrNS/c1-4-6-7-8-11(15-5-2)12-9-10(3)13(14)16-12/h9,11,15H,5,7-8H2,1-3H3. The molecular formula is C13H18BrNS. The van der Waals surface area contributed by atoms with Gasteiger partial charge in [0.2, 0.25) is 0 Å². The number of thiophene rings is 1. The quantitative estimate of drug-likeness (QED) is 0.801. The lowest BCUT2D eigenvalue weighted by Gasteiger charge is -2.14. The molecule has 1 unspecified atom stereocenters. The summed E-state index contributed by atoms with van der Waals surface area (Å²) < 4.78 is 1.24. The van der Waals surface area contributed by atoms with Crippen LogP contribution in [-0.4, -0.2) is 6.54 Å². The number of hydrogen-bond donors (Lipinski definition) is 1. The van der Waals surface area contributed by atoms with Crippen molar-refractivity contribution in [3.8, 4) is 11.8 Å². The predicted octanol–water partition coefficient (Wildman–Crippen LogP) is 4.27. The third kappa shape index (κ3) is 3.93. The first-order chi connectivity index (χ1) is 7.69. The molecule has 0 radical (unpaired) electrons.